The molecule has 0 aromatic heterocycles. The second kappa shape index (κ2) is 10.9. The van der Waals surface area contributed by atoms with Crippen LogP contribution < -0.4 is 0 Å². The van der Waals surface area contributed by atoms with Gasteiger partial charge in [-0.1, -0.05) is 51.1 Å². The molecule has 9 heteroatoms. The van der Waals surface area contributed by atoms with Crippen LogP contribution in [0.25, 0.3) is 6.08 Å². The van der Waals surface area contributed by atoms with Gasteiger partial charge in [0.25, 0.3) is 0 Å². The van der Waals surface area contributed by atoms with Crippen LogP contribution in [-0.2, 0) is 33.3 Å². The van der Waals surface area contributed by atoms with Crippen LogP contribution in [0.3, 0.4) is 0 Å². The third kappa shape index (κ3) is 5.09. The highest BCUT2D eigenvalue weighted by Crippen LogP contribution is 2.64. The molecule has 3 aliphatic carbocycles. The number of epoxide rings is 1. The first-order valence-corrected chi connectivity index (χ1v) is 14.7. The average Bonchev–Trinajstić information content (AvgIpc) is 3.70. The van der Waals surface area contributed by atoms with E-state index in [1.807, 2.05) is 58.0 Å². The number of aliphatic hydroxyl groups is 2. The summed E-state index contributed by atoms with van der Waals surface area (Å²) in [5.41, 5.74) is -0.554. The topological polar surface area (TPSA) is 132 Å². The summed E-state index contributed by atoms with van der Waals surface area (Å²) < 4.78 is 24.0. The molecule has 0 amide bonds. The fraction of sp³-hybridized carbons (Fsp3) is 0.606. The Morgan fingerprint density at radius 3 is 2.24 bits per heavy atom. The zero-order valence-corrected chi connectivity index (χ0v) is 25.2. The van der Waals surface area contributed by atoms with Crippen LogP contribution in [0.5, 0.6) is 0 Å². The van der Waals surface area contributed by atoms with Gasteiger partial charge in [0.05, 0.1) is 12.7 Å². The Balaban J connectivity index is 1.57. The Labute approximate surface area is 246 Å². The Hall–Kier alpha value is -3.01. The summed E-state index contributed by atoms with van der Waals surface area (Å²) in [6.45, 7) is 10.6. The third-order valence-corrected chi connectivity index (χ3v) is 10.3. The van der Waals surface area contributed by atoms with Crippen molar-refractivity contribution in [1.82, 2.24) is 0 Å². The summed E-state index contributed by atoms with van der Waals surface area (Å²) in [5.74, 6) is -2.50. The molecule has 4 aliphatic rings. The van der Waals surface area contributed by atoms with Gasteiger partial charge in [0.15, 0.2) is 0 Å². The van der Waals surface area contributed by atoms with Crippen molar-refractivity contribution in [2.24, 2.45) is 22.7 Å². The van der Waals surface area contributed by atoms with Crippen molar-refractivity contribution in [1.29, 1.82) is 0 Å². The molecular formula is C33H42O9. The number of hydrogen-bond donors (Lipinski definition) is 2. The fourth-order valence-electron chi connectivity index (χ4n) is 8.27. The minimum atomic E-state index is -1.25. The Bertz CT molecular complexity index is 1290. The van der Waals surface area contributed by atoms with Gasteiger partial charge < -0.3 is 29.2 Å². The smallest absolute Gasteiger partial charge is 0.331 e. The van der Waals surface area contributed by atoms with Crippen LogP contribution in [0.2, 0.25) is 0 Å². The summed E-state index contributed by atoms with van der Waals surface area (Å²) in [5, 5.41) is 23.8. The minimum absolute atomic E-state index is 0.246. The van der Waals surface area contributed by atoms with E-state index in [1.165, 1.54) is 19.9 Å². The van der Waals surface area contributed by atoms with E-state index in [9.17, 15) is 24.6 Å². The molecule has 9 atom stereocenters. The zero-order valence-electron chi connectivity index (χ0n) is 25.2. The summed E-state index contributed by atoms with van der Waals surface area (Å²) in [6, 6.07) is 9.41. The first kappa shape index (κ1) is 30.4. The molecule has 0 unspecified atom stereocenters. The zero-order chi connectivity index (χ0) is 30.6. The van der Waals surface area contributed by atoms with Crippen LogP contribution in [0.4, 0.5) is 0 Å². The van der Waals surface area contributed by atoms with Crippen molar-refractivity contribution < 1.29 is 43.5 Å². The van der Waals surface area contributed by atoms with Gasteiger partial charge in [0.2, 0.25) is 0 Å². The molecule has 42 heavy (non-hydrogen) atoms. The van der Waals surface area contributed by atoms with E-state index in [2.05, 4.69) is 0 Å². The normalized spacial score (nSPS) is 38.7. The lowest BCUT2D eigenvalue weighted by molar-refractivity contribution is -0.218. The van der Waals surface area contributed by atoms with Gasteiger partial charge in [-0.05, 0) is 54.4 Å². The molecule has 1 saturated heterocycles. The number of carbonyl (C=O) groups excluding carboxylic acids is 3. The number of hydrogen-bond acceptors (Lipinski definition) is 9. The number of benzene rings is 1. The molecular weight excluding hydrogens is 540 g/mol. The molecule has 5 rings (SSSR count). The average molecular weight is 583 g/mol. The lowest BCUT2D eigenvalue weighted by Crippen LogP contribution is -2.67. The van der Waals surface area contributed by atoms with E-state index in [0.29, 0.717) is 30.4 Å². The Morgan fingerprint density at radius 1 is 1.00 bits per heavy atom. The molecule has 0 radical (unpaired) electrons. The number of carbonyl (C=O) groups is 3. The predicted octanol–water partition coefficient (Wildman–Crippen LogP) is 3.76. The first-order valence-electron chi connectivity index (χ1n) is 14.7. The summed E-state index contributed by atoms with van der Waals surface area (Å²) in [6.07, 6.45) is -0.383. The van der Waals surface area contributed by atoms with Gasteiger partial charge in [-0.25, -0.2) is 4.79 Å². The van der Waals surface area contributed by atoms with Crippen molar-refractivity contribution in [3.05, 3.63) is 53.1 Å². The van der Waals surface area contributed by atoms with Crippen molar-refractivity contribution in [3.63, 3.8) is 0 Å². The number of esters is 3. The number of rotatable bonds is 5. The number of ether oxygens (including phenoxy) is 4. The summed E-state index contributed by atoms with van der Waals surface area (Å²) in [4.78, 5) is 37.7. The van der Waals surface area contributed by atoms with E-state index in [4.69, 9.17) is 18.9 Å². The van der Waals surface area contributed by atoms with Gasteiger partial charge in [-0.3, -0.25) is 9.59 Å². The number of aliphatic hydroxyl groups excluding tert-OH is 2. The van der Waals surface area contributed by atoms with Crippen molar-refractivity contribution >= 4 is 24.0 Å². The molecule has 1 spiro atoms. The summed E-state index contributed by atoms with van der Waals surface area (Å²) >= 11 is 0. The van der Waals surface area contributed by atoms with Crippen molar-refractivity contribution in [2.45, 2.75) is 96.9 Å². The molecule has 2 saturated carbocycles. The van der Waals surface area contributed by atoms with E-state index >= 15 is 0 Å². The summed E-state index contributed by atoms with van der Waals surface area (Å²) in [7, 11) is 0. The van der Waals surface area contributed by atoms with Gasteiger partial charge in [0.1, 0.15) is 30.0 Å². The molecule has 1 aromatic rings. The maximum absolute atomic E-state index is 13.0. The second-order valence-electron chi connectivity index (χ2n) is 13.2. The molecule has 228 valence electrons. The van der Waals surface area contributed by atoms with Gasteiger partial charge in [0, 0.05) is 37.2 Å². The van der Waals surface area contributed by atoms with Gasteiger partial charge >= 0.3 is 17.9 Å². The van der Waals surface area contributed by atoms with E-state index < -0.39 is 76.7 Å². The molecule has 1 heterocycles. The van der Waals surface area contributed by atoms with E-state index in [-0.39, 0.29) is 6.61 Å². The molecule has 2 N–H and O–H groups in total. The highest BCUT2D eigenvalue weighted by atomic mass is 16.6. The van der Waals surface area contributed by atoms with Gasteiger partial charge in [-0.15, -0.1) is 0 Å². The predicted molar refractivity (Wildman–Crippen MR) is 153 cm³/mol. The van der Waals surface area contributed by atoms with E-state index in [1.54, 1.807) is 6.08 Å². The standard InChI is InChI=1S/C33H42O9/c1-18-23(40-19(2)34)16-22-28(41-20(3)35)29-32(6,30(38)27(37)26(18)31(22,4)5)15-14-24(33(29)17-39-33)42-25(36)13-12-21-10-8-7-9-11-21/h7-13,22-24,27-30,37-38H,14-17H2,1-6H3/b13-12-/t22-,23-,24-,27+,28+,29-,30-,32+,33-/m0/s1. The lowest BCUT2D eigenvalue weighted by Gasteiger charge is -2.60. The van der Waals surface area contributed by atoms with Crippen molar-refractivity contribution in [3.8, 4) is 0 Å². The molecule has 9 nitrogen and oxygen atoms in total. The van der Waals surface area contributed by atoms with Gasteiger partial charge in [-0.2, -0.15) is 0 Å². The maximum Gasteiger partial charge on any atom is 0.331 e. The monoisotopic (exact) mass is 582 g/mol. The third-order valence-electron chi connectivity index (χ3n) is 10.3. The Morgan fingerprint density at radius 2 is 1.64 bits per heavy atom. The number of fused-ring (bicyclic) bond motifs is 4. The molecule has 3 fully saturated rings. The molecule has 1 aromatic carbocycles. The van der Waals surface area contributed by atoms with Crippen LogP contribution >= 0.6 is 0 Å². The van der Waals surface area contributed by atoms with Crippen molar-refractivity contribution in [2.75, 3.05) is 6.61 Å². The molecule has 2 bridgehead atoms. The highest BCUT2D eigenvalue weighted by molar-refractivity contribution is 5.87. The largest absolute Gasteiger partial charge is 0.462 e. The highest BCUT2D eigenvalue weighted by Gasteiger charge is 2.73. The van der Waals surface area contributed by atoms with Crippen LogP contribution in [-0.4, -0.2) is 70.8 Å². The maximum atomic E-state index is 13.0. The van der Waals surface area contributed by atoms with Crippen LogP contribution in [0.1, 0.15) is 66.4 Å². The Kier molecular flexibility index (Phi) is 7.92. The van der Waals surface area contributed by atoms with Crippen LogP contribution in [0.15, 0.2) is 47.6 Å². The van der Waals surface area contributed by atoms with E-state index in [0.717, 1.165) is 5.56 Å². The minimum Gasteiger partial charge on any atom is -0.462 e. The SMILES string of the molecule is CC(=O)O[C@@H]1[C@@H]2C[C@H](OC(C)=O)C(C)=C([C@@H](O)[C@H](O)[C@]3(C)CC[C@H](OC(=O)/C=C\c4ccccc4)[C@@]4(CO4)[C@@H]13)C2(C)C. The second-order valence-corrected chi connectivity index (χ2v) is 13.2. The quantitative estimate of drug-likeness (QED) is 0.175. The van der Waals surface area contributed by atoms with Crippen LogP contribution in [0, 0.1) is 22.7 Å². The first-order chi connectivity index (χ1) is 19.7. The fourth-order valence-corrected chi connectivity index (χ4v) is 8.27. The molecule has 1 aliphatic heterocycles. The lowest BCUT2D eigenvalue weighted by atomic mass is 9.48.